The zero-order valence-corrected chi connectivity index (χ0v) is 16.3. The first-order valence-electron chi connectivity index (χ1n) is 9.11. The third-order valence-electron chi connectivity index (χ3n) is 4.49. The van der Waals surface area contributed by atoms with Crippen molar-refractivity contribution in [3.05, 3.63) is 77.7 Å². The average Bonchev–Trinajstić information content (AvgIpc) is 3.41. The fourth-order valence-electron chi connectivity index (χ4n) is 2.90. The molecule has 4 rings (SSSR count). The molecule has 0 atom stereocenters. The lowest BCUT2D eigenvalue weighted by Gasteiger charge is -2.11. The maximum atomic E-state index is 12.8. The van der Waals surface area contributed by atoms with Crippen LogP contribution < -0.4 is 10.6 Å². The summed E-state index contributed by atoms with van der Waals surface area (Å²) in [4.78, 5) is 25.0. The van der Waals surface area contributed by atoms with Crippen LogP contribution in [0, 0.1) is 6.92 Å². The van der Waals surface area contributed by atoms with E-state index in [0.29, 0.717) is 22.8 Å². The number of amides is 2. The summed E-state index contributed by atoms with van der Waals surface area (Å²) in [6, 6.07) is 15.5. The molecule has 30 heavy (non-hydrogen) atoms. The predicted octanol–water partition coefficient (Wildman–Crippen LogP) is 3.28. The Hall–Kier alpha value is -4.27. The van der Waals surface area contributed by atoms with Crippen molar-refractivity contribution in [2.24, 2.45) is 7.05 Å². The van der Waals surface area contributed by atoms with Crippen molar-refractivity contribution in [3.8, 4) is 11.4 Å². The van der Waals surface area contributed by atoms with Gasteiger partial charge in [-0.05, 0) is 59.3 Å². The number of anilines is 2. The molecule has 9 nitrogen and oxygen atoms in total. The molecule has 4 aromatic rings. The second-order valence-corrected chi connectivity index (χ2v) is 6.62. The van der Waals surface area contributed by atoms with Gasteiger partial charge in [-0.15, -0.1) is 5.10 Å². The molecule has 2 aromatic carbocycles. The minimum atomic E-state index is -0.384. The van der Waals surface area contributed by atoms with Crippen molar-refractivity contribution >= 4 is 23.2 Å². The molecule has 0 aliphatic rings. The number of aryl methyl sites for hydroxylation is 2. The first kappa shape index (κ1) is 19.1. The second kappa shape index (κ2) is 8.00. The van der Waals surface area contributed by atoms with Gasteiger partial charge in [0.25, 0.3) is 11.8 Å². The van der Waals surface area contributed by atoms with Crippen LogP contribution in [0.2, 0.25) is 0 Å². The van der Waals surface area contributed by atoms with Crippen LogP contribution in [-0.4, -0.2) is 32.0 Å². The number of carbonyl (C=O) groups is 2. The van der Waals surface area contributed by atoms with Crippen LogP contribution in [0.3, 0.4) is 0 Å². The molecule has 0 spiro atoms. The van der Waals surface area contributed by atoms with Crippen LogP contribution in [0.25, 0.3) is 11.4 Å². The molecule has 0 aliphatic carbocycles. The van der Waals surface area contributed by atoms with Gasteiger partial charge in [-0.3, -0.25) is 9.59 Å². The van der Waals surface area contributed by atoms with Crippen molar-refractivity contribution in [1.29, 1.82) is 0 Å². The number of aromatic nitrogens is 4. The first-order valence-corrected chi connectivity index (χ1v) is 9.11. The SMILES string of the molecule is Cc1ccc(C(=O)Nc2cccc(-c3nnnn3C)c2)cc1NC(=O)c1ccco1. The molecule has 0 bridgehead atoms. The van der Waals surface area contributed by atoms with Gasteiger partial charge in [0, 0.05) is 29.5 Å². The summed E-state index contributed by atoms with van der Waals surface area (Å²) < 4.78 is 6.66. The van der Waals surface area contributed by atoms with E-state index in [-0.39, 0.29) is 17.6 Å². The summed E-state index contributed by atoms with van der Waals surface area (Å²) in [5.41, 5.74) is 3.13. The zero-order chi connectivity index (χ0) is 21.1. The highest BCUT2D eigenvalue weighted by Gasteiger charge is 2.14. The standard InChI is InChI=1S/C21H18N6O3/c1-13-8-9-15(12-17(13)23-21(29)18-7-4-10-30-18)20(28)22-16-6-3-5-14(11-16)19-24-25-26-27(19)2/h3-12H,1-2H3,(H,22,28)(H,23,29). The Balaban J connectivity index is 1.53. The molecule has 2 amide bonds. The molecular formula is C21H18N6O3. The van der Waals surface area contributed by atoms with Crippen molar-refractivity contribution < 1.29 is 14.0 Å². The fourth-order valence-corrected chi connectivity index (χ4v) is 2.90. The van der Waals surface area contributed by atoms with Crippen molar-refractivity contribution in [3.63, 3.8) is 0 Å². The number of nitrogens with zero attached hydrogens (tertiary/aromatic N) is 4. The molecule has 0 radical (unpaired) electrons. The zero-order valence-electron chi connectivity index (χ0n) is 16.3. The van der Waals surface area contributed by atoms with Gasteiger partial charge in [-0.25, -0.2) is 4.68 Å². The monoisotopic (exact) mass is 402 g/mol. The van der Waals surface area contributed by atoms with Crippen LogP contribution in [0.15, 0.2) is 65.3 Å². The van der Waals surface area contributed by atoms with Crippen LogP contribution in [-0.2, 0) is 7.05 Å². The third kappa shape index (κ3) is 3.95. The third-order valence-corrected chi connectivity index (χ3v) is 4.49. The number of tetrazole rings is 1. The topological polar surface area (TPSA) is 115 Å². The Morgan fingerprint density at radius 3 is 2.60 bits per heavy atom. The number of hydrogen-bond acceptors (Lipinski definition) is 6. The lowest BCUT2D eigenvalue weighted by Crippen LogP contribution is -2.15. The van der Waals surface area contributed by atoms with E-state index in [2.05, 4.69) is 26.2 Å². The maximum Gasteiger partial charge on any atom is 0.291 e. The number of carbonyl (C=O) groups excluding carboxylic acids is 2. The van der Waals surface area contributed by atoms with Gasteiger partial charge in [0.05, 0.1) is 6.26 Å². The molecule has 2 aromatic heterocycles. The molecule has 9 heteroatoms. The maximum absolute atomic E-state index is 12.8. The smallest absolute Gasteiger partial charge is 0.291 e. The van der Waals surface area contributed by atoms with Gasteiger partial charge < -0.3 is 15.1 Å². The Kier molecular flexibility index (Phi) is 5.08. The molecule has 150 valence electrons. The van der Waals surface area contributed by atoms with E-state index in [1.807, 2.05) is 19.1 Å². The summed E-state index contributed by atoms with van der Waals surface area (Å²) in [5.74, 6) is 0.0890. The Bertz CT molecular complexity index is 1210. The lowest BCUT2D eigenvalue weighted by molar-refractivity contribution is 0.0993. The van der Waals surface area contributed by atoms with Gasteiger partial charge in [-0.1, -0.05) is 18.2 Å². The molecular weight excluding hydrogens is 384 g/mol. The van der Waals surface area contributed by atoms with E-state index in [1.54, 1.807) is 54.2 Å². The van der Waals surface area contributed by atoms with Crippen LogP contribution in [0.1, 0.15) is 26.5 Å². The summed E-state index contributed by atoms with van der Waals surface area (Å²) in [7, 11) is 1.74. The first-order chi connectivity index (χ1) is 14.5. The van der Waals surface area contributed by atoms with E-state index in [1.165, 1.54) is 6.26 Å². The normalized spacial score (nSPS) is 10.6. The van der Waals surface area contributed by atoms with Gasteiger partial charge in [0.15, 0.2) is 11.6 Å². The summed E-state index contributed by atoms with van der Waals surface area (Å²) >= 11 is 0. The average molecular weight is 402 g/mol. The highest BCUT2D eigenvalue weighted by atomic mass is 16.3. The van der Waals surface area contributed by atoms with Crippen LogP contribution in [0.4, 0.5) is 11.4 Å². The second-order valence-electron chi connectivity index (χ2n) is 6.62. The number of rotatable bonds is 5. The van der Waals surface area contributed by atoms with Crippen LogP contribution >= 0.6 is 0 Å². The molecule has 0 saturated carbocycles. The van der Waals surface area contributed by atoms with Crippen molar-refractivity contribution in [2.75, 3.05) is 10.6 Å². The van der Waals surface area contributed by atoms with Crippen LogP contribution in [0.5, 0.6) is 0 Å². The number of hydrogen-bond donors (Lipinski definition) is 2. The van der Waals surface area contributed by atoms with Gasteiger partial charge in [0.2, 0.25) is 0 Å². The molecule has 2 heterocycles. The lowest BCUT2D eigenvalue weighted by atomic mass is 10.1. The van der Waals surface area contributed by atoms with E-state index < -0.39 is 0 Å². The summed E-state index contributed by atoms with van der Waals surface area (Å²) in [6.07, 6.45) is 1.43. The Morgan fingerprint density at radius 1 is 1.00 bits per heavy atom. The minimum absolute atomic E-state index is 0.194. The van der Waals surface area contributed by atoms with E-state index in [4.69, 9.17) is 4.42 Å². The fraction of sp³-hybridized carbons (Fsp3) is 0.0952. The van der Waals surface area contributed by atoms with Crippen molar-refractivity contribution in [2.45, 2.75) is 6.92 Å². The predicted molar refractivity (Wildman–Crippen MR) is 110 cm³/mol. The molecule has 0 unspecified atom stereocenters. The van der Waals surface area contributed by atoms with Crippen molar-refractivity contribution in [1.82, 2.24) is 20.2 Å². The quantitative estimate of drug-likeness (QED) is 0.529. The van der Waals surface area contributed by atoms with Gasteiger partial charge in [0.1, 0.15) is 0 Å². The van der Waals surface area contributed by atoms with E-state index >= 15 is 0 Å². The number of furan rings is 1. The minimum Gasteiger partial charge on any atom is -0.459 e. The molecule has 0 saturated heterocycles. The molecule has 0 aliphatic heterocycles. The van der Waals surface area contributed by atoms with Gasteiger partial charge in [-0.2, -0.15) is 0 Å². The largest absolute Gasteiger partial charge is 0.459 e. The molecule has 0 fully saturated rings. The van der Waals surface area contributed by atoms with Gasteiger partial charge >= 0.3 is 0 Å². The highest BCUT2D eigenvalue weighted by Crippen LogP contribution is 2.22. The molecule has 2 N–H and O–H groups in total. The highest BCUT2D eigenvalue weighted by molar-refractivity contribution is 6.07. The summed E-state index contributed by atoms with van der Waals surface area (Å²) in [6.45, 7) is 1.85. The van der Waals surface area contributed by atoms with E-state index in [9.17, 15) is 9.59 Å². The Labute approximate surface area is 171 Å². The number of nitrogens with one attached hydrogen (secondary N) is 2. The Morgan fingerprint density at radius 2 is 1.87 bits per heavy atom. The van der Waals surface area contributed by atoms with E-state index in [0.717, 1.165) is 11.1 Å². The number of benzene rings is 2. The summed E-state index contributed by atoms with van der Waals surface area (Å²) in [5, 5.41) is 17.1.